The maximum atomic E-state index is 10.9. The van der Waals surface area contributed by atoms with E-state index in [9.17, 15) is 9.32 Å². The van der Waals surface area contributed by atoms with Crippen LogP contribution in [-0.4, -0.2) is 66.4 Å². The fraction of sp³-hybridized carbons (Fsp3) is 1.00. The maximum Gasteiger partial charge on any atom is 0.0897 e. The normalized spacial score (nSPS) is 16.4. The molecule has 0 rings (SSSR count). The van der Waals surface area contributed by atoms with Crippen molar-refractivity contribution in [2.45, 2.75) is 32.4 Å². The zero-order valence-electron chi connectivity index (χ0n) is 11.7. The van der Waals surface area contributed by atoms with Crippen molar-refractivity contribution in [3.05, 3.63) is 0 Å². The first kappa shape index (κ1) is 18.0. The molecule has 0 aromatic carbocycles. The first-order chi connectivity index (χ1) is 8.56. The lowest BCUT2D eigenvalue weighted by molar-refractivity contribution is 0.00586. The summed E-state index contributed by atoms with van der Waals surface area (Å²) in [5.41, 5.74) is 0. The van der Waals surface area contributed by atoms with Crippen LogP contribution in [0.15, 0.2) is 0 Å². The van der Waals surface area contributed by atoms with Gasteiger partial charge in [0.15, 0.2) is 0 Å². The molecule has 0 heterocycles. The monoisotopic (exact) mass is 281 g/mol. The average Bonchev–Trinajstić information content (AvgIpc) is 2.33. The number of nitrogens with one attached hydrogen (secondary N) is 1. The number of rotatable bonds is 12. The van der Waals surface area contributed by atoms with E-state index in [1.807, 2.05) is 13.8 Å². The SMILES string of the molecule is CCOCCOCC(O)CNC(C)CCS(C)=O. The third-order valence-electron chi connectivity index (χ3n) is 2.43. The van der Waals surface area contributed by atoms with Gasteiger partial charge in [0.2, 0.25) is 0 Å². The largest absolute Gasteiger partial charge is 0.389 e. The van der Waals surface area contributed by atoms with Crippen LogP contribution in [-0.2, 0) is 20.3 Å². The summed E-state index contributed by atoms with van der Waals surface area (Å²) >= 11 is 0. The summed E-state index contributed by atoms with van der Waals surface area (Å²) in [4.78, 5) is 0. The lowest BCUT2D eigenvalue weighted by Crippen LogP contribution is -2.36. The molecule has 0 aromatic rings. The second-order valence-corrected chi connectivity index (χ2v) is 5.86. The molecule has 0 amide bonds. The average molecular weight is 281 g/mol. The molecule has 0 bridgehead atoms. The highest BCUT2D eigenvalue weighted by molar-refractivity contribution is 7.84. The number of hydrogen-bond acceptors (Lipinski definition) is 5. The van der Waals surface area contributed by atoms with Gasteiger partial charge in [-0.15, -0.1) is 0 Å². The van der Waals surface area contributed by atoms with Crippen molar-refractivity contribution in [1.29, 1.82) is 0 Å². The highest BCUT2D eigenvalue weighted by Crippen LogP contribution is 1.93. The smallest absolute Gasteiger partial charge is 0.0897 e. The van der Waals surface area contributed by atoms with Gasteiger partial charge in [0.25, 0.3) is 0 Å². The molecule has 110 valence electrons. The van der Waals surface area contributed by atoms with E-state index in [0.29, 0.717) is 38.7 Å². The fourth-order valence-electron chi connectivity index (χ4n) is 1.32. The van der Waals surface area contributed by atoms with Gasteiger partial charge in [0.1, 0.15) is 0 Å². The molecule has 2 N–H and O–H groups in total. The molecule has 0 aromatic heterocycles. The predicted molar refractivity (Wildman–Crippen MR) is 74.3 cm³/mol. The first-order valence-corrected chi connectivity index (χ1v) is 8.16. The predicted octanol–water partition coefficient (Wildman–Crippen LogP) is 0.147. The Morgan fingerprint density at radius 2 is 2.00 bits per heavy atom. The minimum atomic E-state index is -0.750. The van der Waals surface area contributed by atoms with Crippen LogP contribution in [0.1, 0.15) is 20.3 Å². The van der Waals surface area contributed by atoms with E-state index in [1.54, 1.807) is 6.26 Å². The van der Waals surface area contributed by atoms with E-state index >= 15 is 0 Å². The standard InChI is InChI=1S/C12H27NO4S/c1-4-16-6-7-17-10-12(14)9-13-11(2)5-8-18(3)15/h11-14H,4-10H2,1-3H3. The third-order valence-corrected chi connectivity index (χ3v) is 3.24. The molecule has 0 fully saturated rings. The van der Waals surface area contributed by atoms with Gasteiger partial charge in [-0.25, -0.2) is 0 Å². The molecule has 0 saturated heterocycles. The molecule has 0 saturated carbocycles. The molecular weight excluding hydrogens is 254 g/mol. The summed E-state index contributed by atoms with van der Waals surface area (Å²) in [5, 5.41) is 12.8. The topological polar surface area (TPSA) is 67.8 Å². The number of hydrogen-bond donors (Lipinski definition) is 2. The van der Waals surface area contributed by atoms with Gasteiger partial charge in [-0.05, 0) is 20.3 Å². The Kier molecular flexibility index (Phi) is 12.0. The van der Waals surface area contributed by atoms with Gasteiger partial charge < -0.3 is 19.9 Å². The maximum absolute atomic E-state index is 10.9. The molecule has 0 aliphatic heterocycles. The molecule has 18 heavy (non-hydrogen) atoms. The molecule has 5 nitrogen and oxygen atoms in total. The molecule has 3 unspecified atom stereocenters. The molecule has 0 spiro atoms. The van der Waals surface area contributed by atoms with Crippen molar-refractivity contribution in [2.75, 3.05) is 45.0 Å². The van der Waals surface area contributed by atoms with E-state index < -0.39 is 16.9 Å². The van der Waals surface area contributed by atoms with Crippen LogP contribution >= 0.6 is 0 Å². The van der Waals surface area contributed by atoms with Gasteiger partial charge in [0, 0.05) is 42.0 Å². The number of ether oxygens (including phenoxy) is 2. The van der Waals surface area contributed by atoms with Crippen LogP contribution < -0.4 is 5.32 Å². The van der Waals surface area contributed by atoms with Crippen molar-refractivity contribution in [1.82, 2.24) is 5.32 Å². The van der Waals surface area contributed by atoms with Crippen molar-refractivity contribution < 1.29 is 18.8 Å². The Balaban J connectivity index is 3.39. The van der Waals surface area contributed by atoms with E-state index in [1.165, 1.54) is 0 Å². The van der Waals surface area contributed by atoms with Crippen LogP contribution in [0.5, 0.6) is 0 Å². The zero-order chi connectivity index (χ0) is 13.8. The van der Waals surface area contributed by atoms with Crippen molar-refractivity contribution in [3.8, 4) is 0 Å². The second kappa shape index (κ2) is 12.0. The molecule has 0 aliphatic rings. The Hall–Kier alpha value is -0.0100. The molecule has 0 radical (unpaired) electrons. The molecule has 0 aliphatic carbocycles. The second-order valence-electron chi connectivity index (χ2n) is 4.30. The Bertz CT molecular complexity index is 216. The third kappa shape index (κ3) is 12.4. The van der Waals surface area contributed by atoms with Gasteiger partial charge in [-0.2, -0.15) is 0 Å². The Morgan fingerprint density at radius 3 is 2.61 bits per heavy atom. The fourth-order valence-corrected chi connectivity index (χ4v) is 2.01. The van der Waals surface area contributed by atoms with Crippen LogP contribution in [0.25, 0.3) is 0 Å². The van der Waals surface area contributed by atoms with E-state index in [-0.39, 0.29) is 6.04 Å². The van der Waals surface area contributed by atoms with Crippen LogP contribution in [0.2, 0.25) is 0 Å². The number of aliphatic hydroxyl groups excluding tert-OH is 1. The van der Waals surface area contributed by atoms with E-state index in [0.717, 1.165) is 6.42 Å². The quantitative estimate of drug-likeness (QED) is 0.498. The Labute approximate surface area is 113 Å². The minimum absolute atomic E-state index is 0.256. The zero-order valence-corrected chi connectivity index (χ0v) is 12.5. The van der Waals surface area contributed by atoms with Crippen LogP contribution in [0, 0.1) is 0 Å². The highest BCUT2D eigenvalue weighted by Gasteiger charge is 2.07. The first-order valence-electron chi connectivity index (χ1n) is 6.43. The minimum Gasteiger partial charge on any atom is -0.389 e. The van der Waals surface area contributed by atoms with Gasteiger partial charge in [-0.1, -0.05) is 0 Å². The van der Waals surface area contributed by atoms with Gasteiger partial charge >= 0.3 is 0 Å². The summed E-state index contributed by atoms with van der Waals surface area (Å²) in [6, 6.07) is 0.256. The lowest BCUT2D eigenvalue weighted by Gasteiger charge is -2.16. The van der Waals surface area contributed by atoms with E-state index in [2.05, 4.69) is 5.32 Å². The van der Waals surface area contributed by atoms with E-state index in [4.69, 9.17) is 9.47 Å². The molecular formula is C12H27NO4S. The van der Waals surface area contributed by atoms with Gasteiger partial charge in [-0.3, -0.25) is 4.21 Å². The summed E-state index contributed by atoms with van der Waals surface area (Å²) in [6.07, 6.45) is 2.04. The highest BCUT2D eigenvalue weighted by atomic mass is 32.2. The van der Waals surface area contributed by atoms with Crippen molar-refractivity contribution in [2.24, 2.45) is 0 Å². The summed E-state index contributed by atoms with van der Waals surface area (Å²) in [6.45, 7) is 6.52. The van der Waals surface area contributed by atoms with Crippen LogP contribution in [0.3, 0.4) is 0 Å². The van der Waals surface area contributed by atoms with Crippen molar-refractivity contribution >= 4 is 10.8 Å². The molecule has 6 heteroatoms. The van der Waals surface area contributed by atoms with Gasteiger partial charge in [0.05, 0.1) is 25.9 Å². The summed E-state index contributed by atoms with van der Waals surface area (Å²) < 4.78 is 21.3. The van der Waals surface area contributed by atoms with Crippen LogP contribution in [0.4, 0.5) is 0 Å². The lowest BCUT2D eigenvalue weighted by atomic mass is 10.2. The molecule has 3 atom stereocenters. The number of aliphatic hydroxyl groups is 1. The summed E-state index contributed by atoms with van der Waals surface area (Å²) in [5.74, 6) is 0.690. The Morgan fingerprint density at radius 1 is 1.33 bits per heavy atom. The summed E-state index contributed by atoms with van der Waals surface area (Å²) in [7, 11) is -0.750. The van der Waals surface area contributed by atoms with Crippen molar-refractivity contribution in [3.63, 3.8) is 0 Å².